The molecule has 1 aliphatic rings. The quantitative estimate of drug-likeness (QED) is 0.883. The second-order valence-corrected chi connectivity index (χ2v) is 4.51. The van der Waals surface area contributed by atoms with E-state index in [0.29, 0.717) is 0 Å². The molecule has 1 aromatic rings. The van der Waals surface area contributed by atoms with Gasteiger partial charge in [0, 0.05) is 11.6 Å². The van der Waals surface area contributed by atoms with Gasteiger partial charge in [0.1, 0.15) is 0 Å². The fraction of sp³-hybridized carbons (Fsp3) is 0.538. The number of hydrogen-bond acceptors (Lipinski definition) is 2. The van der Waals surface area contributed by atoms with Crippen molar-refractivity contribution >= 4 is 0 Å². The third-order valence-corrected chi connectivity index (χ3v) is 3.24. The van der Waals surface area contributed by atoms with Crippen LogP contribution in [0, 0.1) is 11.6 Å². The Morgan fingerprint density at radius 2 is 2.00 bits per heavy atom. The van der Waals surface area contributed by atoms with Gasteiger partial charge in [-0.2, -0.15) is 0 Å². The Bertz CT molecular complexity index is 384. The van der Waals surface area contributed by atoms with Crippen molar-refractivity contribution in [2.75, 3.05) is 0 Å². The summed E-state index contributed by atoms with van der Waals surface area (Å²) in [7, 11) is 0. The minimum atomic E-state index is -0.834. The van der Waals surface area contributed by atoms with E-state index in [-0.39, 0.29) is 24.3 Å². The van der Waals surface area contributed by atoms with Crippen LogP contribution < -0.4 is 5.73 Å². The molecule has 1 aliphatic carbocycles. The fourth-order valence-electron chi connectivity index (χ4n) is 2.19. The van der Waals surface area contributed by atoms with Gasteiger partial charge in [0.2, 0.25) is 0 Å². The van der Waals surface area contributed by atoms with Crippen molar-refractivity contribution in [1.29, 1.82) is 0 Å². The predicted molar refractivity (Wildman–Crippen MR) is 61.4 cm³/mol. The molecule has 2 unspecified atom stereocenters. The molecular formula is C13H17F2NO. The third-order valence-electron chi connectivity index (χ3n) is 3.24. The maximum Gasteiger partial charge on any atom is 0.164 e. The summed E-state index contributed by atoms with van der Waals surface area (Å²) in [5.74, 6) is -1.66. The third kappa shape index (κ3) is 3.01. The second kappa shape index (κ2) is 5.56. The predicted octanol–water partition coefficient (Wildman–Crippen LogP) is 2.75. The van der Waals surface area contributed by atoms with Gasteiger partial charge in [-0.1, -0.05) is 25.0 Å². The van der Waals surface area contributed by atoms with Gasteiger partial charge in [0.15, 0.2) is 11.6 Å². The molecule has 2 N–H and O–H groups in total. The van der Waals surface area contributed by atoms with Crippen LogP contribution in [-0.4, -0.2) is 12.1 Å². The summed E-state index contributed by atoms with van der Waals surface area (Å²) in [4.78, 5) is 0. The van der Waals surface area contributed by atoms with Gasteiger partial charge in [-0.25, -0.2) is 8.78 Å². The van der Waals surface area contributed by atoms with E-state index in [0.717, 1.165) is 31.7 Å². The van der Waals surface area contributed by atoms with Crippen LogP contribution in [0.25, 0.3) is 0 Å². The molecule has 4 heteroatoms. The number of benzene rings is 1. The number of halogens is 2. The highest BCUT2D eigenvalue weighted by Gasteiger charge is 2.22. The molecule has 1 aromatic carbocycles. The van der Waals surface area contributed by atoms with Gasteiger partial charge in [-0.3, -0.25) is 0 Å². The maximum atomic E-state index is 13.4. The van der Waals surface area contributed by atoms with E-state index in [4.69, 9.17) is 10.5 Å². The van der Waals surface area contributed by atoms with Crippen molar-refractivity contribution in [2.45, 2.75) is 44.4 Å². The Morgan fingerprint density at radius 3 is 2.76 bits per heavy atom. The number of rotatable bonds is 3. The lowest BCUT2D eigenvalue weighted by molar-refractivity contribution is 0.00268. The normalized spacial score (nSPS) is 24.9. The first-order valence-electron chi connectivity index (χ1n) is 5.98. The zero-order valence-electron chi connectivity index (χ0n) is 9.66. The molecule has 0 aliphatic heterocycles. The Kier molecular flexibility index (Phi) is 4.07. The molecule has 94 valence electrons. The molecule has 0 radical (unpaired) electrons. The molecule has 0 saturated heterocycles. The largest absolute Gasteiger partial charge is 0.372 e. The van der Waals surface area contributed by atoms with Crippen molar-refractivity contribution in [1.82, 2.24) is 0 Å². The fourth-order valence-corrected chi connectivity index (χ4v) is 2.19. The van der Waals surface area contributed by atoms with Gasteiger partial charge >= 0.3 is 0 Å². The Labute approximate surface area is 99.8 Å². The zero-order chi connectivity index (χ0) is 12.3. The molecule has 0 bridgehead atoms. The Morgan fingerprint density at radius 1 is 1.24 bits per heavy atom. The van der Waals surface area contributed by atoms with Crippen molar-refractivity contribution in [2.24, 2.45) is 5.73 Å². The standard InChI is InChI=1S/C13H17F2NO/c14-10-5-3-4-9(13(10)15)8-17-12-7-2-1-6-11(12)16/h3-5,11-12H,1-2,6-8,16H2. The second-order valence-electron chi connectivity index (χ2n) is 4.51. The summed E-state index contributed by atoms with van der Waals surface area (Å²) in [5.41, 5.74) is 6.17. The summed E-state index contributed by atoms with van der Waals surface area (Å²) >= 11 is 0. The highest BCUT2D eigenvalue weighted by atomic mass is 19.2. The monoisotopic (exact) mass is 241 g/mol. The zero-order valence-corrected chi connectivity index (χ0v) is 9.66. The summed E-state index contributed by atoms with van der Waals surface area (Å²) in [6, 6.07) is 4.14. The van der Waals surface area contributed by atoms with Crippen LogP contribution in [0.1, 0.15) is 31.2 Å². The van der Waals surface area contributed by atoms with Crippen LogP contribution in [0.3, 0.4) is 0 Å². The van der Waals surface area contributed by atoms with Crippen molar-refractivity contribution in [3.63, 3.8) is 0 Å². The molecular weight excluding hydrogens is 224 g/mol. The van der Waals surface area contributed by atoms with Gasteiger partial charge in [-0.05, 0) is 18.9 Å². The first-order valence-corrected chi connectivity index (χ1v) is 5.98. The average Bonchev–Trinajstić information content (AvgIpc) is 2.33. The molecule has 0 heterocycles. The van der Waals surface area contributed by atoms with Crippen molar-refractivity contribution < 1.29 is 13.5 Å². The van der Waals surface area contributed by atoms with E-state index in [1.54, 1.807) is 0 Å². The molecule has 2 atom stereocenters. The van der Waals surface area contributed by atoms with Crippen molar-refractivity contribution in [3.05, 3.63) is 35.4 Å². The van der Waals surface area contributed by atoms with Crippen LogP contribution in [0.4, 0.5) is 8.78 Å². The molecule has 1 fully saturated rings. The first-order chi connectivity index (χ1) is 8.18. The van der Waals surface area contributed by atoms with E-state index in [1.165, 1.54) is 12.1 Å². The SMILES string of the molecule is NC1CCCCC1OCc1cccc(F)c1F. The van der Waals surface area contributed by atoms with Gasteiger partial charge < -0.3 is 10.5 Å². The van der Waals surface area contributed by atoms with Crippen molar-refractivity contribution in [3.8, 4) is 0 Å². The highest BCUT2D eigenvalue weighted by molar-refractivity contribution is 5.18. The molecule has 2 rings (SSSR count). The van der Waals surface area contributed by atoms with E-state index >= 15 is 0 Å². The lowest BCUT2D eigenvalue weighted by Gasteiger charge is -2.28. The summed E-state index contributed by atoms with van der Waals surface area (Å²) in [6.45, 7) is 0.0853. The van der Waals surface area contributed by atoms with Gasteiger partial charge in [-0.15, -0.1) is 0 Å². The molecule has 1 saturated carbocycles. The lowest BCUT2D eigenvalue weighted by atomic mass is 9.93. The van der Waals surface area contributed by atoms with E-state index in [2.05, 4.69) is 0 Å². The smallest absolute Gasteiger partial charge is 0.164 e. The number of hydrogen-bond donors (Lipinski definition) is 1. The minimum Gasteiger partial charge on any atom is -0.372 e. The molecule has 17 heavy (non-hydrogen) atoms. The Hall–Kier alpha value is -1.00. The first kappa shape index (κ1) is 12.5. The van der Waals surface area contributed by atoms with Crippen LogP contribution in [0.5, 0.6) is 0 Å². The van der Waals surface area contributed by atoms with Gasteiger partial charge in [0.05, 0.1) is 12.7 Å². The van der Waals surface area contributed by atoms with E-state index < -0.39 is 11.6 Å². The molecule has 0 spiro atoms. The summed E-state index contributed by atoms with van der Waals surface area (Å²) in [5, 5.41) is 0. The van der Waals surface area contributed by atoms with E-state index in [9.17, 15) is 8.78 Å². The Balaban J connectivity index is 1.95. The maximum absolute atomic E-state index is 13.4. The van der Waals surface area contributed by atoms with Crippen LogP contribution in [0.2, 0.25) is 0 Å². The van der Waals surface area contributed by atoms with Crippen LogP contribution in [0.15, 0.2) is 18.2 Å². The molecule has 0 amide bonds. The topological polar surface area (TPSA) is 35.2 Å². The number of ether oxygens (including phenoxy) is 1. The average molecular weight is 241 g/mol. The van der Waals surface area contributed by atoms with Crippen LogP contribution >= 0.6 is 0 Å². The van der Waals surface area contributed by atoms with E-state index in [1.807, 2.05) is 0 Å². The lowest BCUT2D eigenvalue weighted by Crippen LogP contribution is -2.39. The number of nitrogens with two attached hydrogens (primary N) is 1. The molecule has 2 nitrogen and oxygen atoms in total. The molecule has 0 aromatic heterocycles. The minimum absolute atomic E-state index is 0.0142. The van der Waals surface area contributed by atoms with Gasteiger partial charge in [0.25, 0.3) is 0 Å². The highest BCUT2D eigenvalue weighted by Crippen LogP contribution is 2.21. The summed E-state index contributed by atoms with van der Waals surface area (Å²) in [6.07, 6.45) is 4.01. The summed E-state index contributed by atoms with van der Waals surface area (Å²) < 4.78 is 31.9. The van der Waals surface area contributed by atoms with Crippen LogP contribution in [-0.2, 0) is 11.3 Å².